The fourth-order valence-corrected chi connectivity index (χ4v) is 3.94. The summed E-state index contributed by atoms with van der Waals surface area (Å²) in [5.74, 6) is -0.181. The van der Waals surface area contributed by atoms with E-state index in [9.17, 15) is 9.90 Å². The summed E-state index contributed by atoms with van der Waals surface area (Å²) in [5, 5.41) is 9.80. The summed E-state index contributed by atoms with van der Waals surface area (Å²) in [6, 6.07) is 0. The van der Waals surface area contributed by atoms with Crippen LogP contribution in [0.25, 0.3) is 0 Å². The van der Waals surface area contributed by atoms with Gasteiger partial charge in [0.25, 0.3) is 0 Å². The lowest BCUT2D eigenvalue weighted by atomic mass is 10.0. The van der Waals surface area contributed by atoms with E-state index in [4.69, 9.17) is 4.74 Å². The van der Waals surface area contributed by atoms with Crippen molar-refractivity contribution in [3.63, 3.8) is 0 Å². The molecule has 0 radical (unpaired) electrons. The van der Waals surface area contributed by atoms with Gasteiger partial charge in [-0.05, 0) is 19.3 Å². The number of carbonyl (C=O) groups is 1. The van der Waals surface area contributed by atoms with Crippen LogP contribution in [0.3, 0.4) is 0 Å². The zero-order valence-electron chi connectivity index (χ0n) is 19.5. The third kappa shape index (κ3) is 20.8. The molecule has 0 fully saturated rings. The SMILES string of the molecule is CCCCCCCCCCCCCC(OC(=O)CCCCCCCCC)C(O)S. The average molecular weight is 431 g/mol. The highest BCUT2D eigenvalue weighted by Crippen LogP contribution is 2.17. The largest absolute Gasteiger partial charge is 0.459 e. The Morgan fingerprint density at radius 2 is 1.07 bits per heavy atom. The van der Waals surface area contributed by atoms with Crippen LogP contribution in [-0.2, 0) is 9.53 Å². The highest BCUT2D eigenvalue weighted by atomic mass is 32.1. The molecule has 2 atom stereocenters. The van der Waals surface area contributed by atoms with Crippen LogP contribution in [0.15, 0.2) is 0 Å². The van der Waals surface area contributed by atoms with Gasteiger partial charge in [-0.15, -0.1) is 12.6 Å². The van der Waals surface area contributed by atoms with Gasteiger partial charge in [0, 0.05) is 6.42 Å². The monoisotopic (exact) mass is 430 g/mol. The minimum atomic E-state index is -0.879. The van der Waals surface area contributed by atoms with Crippen molar-refractivity contribution in [2.24, 2.45) is 0 Å². The summed E-state index contributed by atoms with van der Waals surface area (Å²) < 4.78 is 5.48. The molecular formula is C25H50O3S. The highest BCUT2D eigenvalue weighted by Gasteiger charge is 2.19. The first-order chi connectivity index (χ1) is 14.1. The number of carbonyl (C=O) groups excluding carboxylic acids is 1. The number of ether oxygens (including phenoxy) is 1. The van der Waals surface area contributed by atoms with Crippen LogP contribution in [0.4, 0.5) is 0 Å². The number of hydrogen-bond acceptors (Lipinski definition) is 4. The third-order valence-electron chi connectivity index (χ3n) is 5.69. The maximum atomic E-state index is 12.0. The fraction of sp³-hybridized carbons (Fsp3) is 0.960. The van der Waals surface area contributed by atoms with Crippen molar-refractivity contribution in [3.05, 3.63) is 0 Å². The van der Waals surface area contributed by atoms with Gasteiger partial charge in [0.05, 0.1) is 0 Å². The second-order valence-electron chi connectivity index (χ2n) is 8.64. The van der Waals surface area contributed by atoms with E-state index in [-0.39, 0.29) is 5.97 Å². The zero-order chi connectivity index (χ0) is 21.6. The summed E-state index contributed by atoms with van der Waals surface area (Å²) in [5.41, 5.74) is -0.879. The molecule has 0 saturated carbocycles. The van der Waals surface area contributed by atoms with Crippen molar-refractivity contribution >= 4 is 18.6 Å². The maximum absolute atomic E-state index is 12.0. The van der Waals surface area contributed by atoms with E-state index < -0.39 is 11.5 Å². The second kappa shape index (κ2) is 22.5. The molecule has 0 bridgehead atoms. The van der Waals surface area contributed by atoms with E-state index in [2.05, 4.69) is 26.5 Å². The Hall–Kier alpha value is -0.220. The van der Waals surface area contributed by atoms with E-state index in [1.807, 2.05) is 0 Å². The van der Waals surface area contributed by atoms with Gasteiger partial charge < -0.3 is 9.84 Å². The van der Waals surface area contributed by atoms with Gasteiger partial charge >= 0.3 is 5.97 Å². The number of esters is 1. The summed E-state index contributed by atoms with van der Waals surface area (Å²) in [4.78, 5) is 12.0. The minimum absolute atomic E-state index is 0.181. The summed E-state index contributed by atoms with van der Waals surface area (Å²) >= 11 is 4.11. The van der Waals surface area contributed by atoms with Crippen molar-refractivity contribution in [3.8, 4) is 0 Å². The predicted molar refractivity (Wildman–Crippen MR) is 129 cm³/mol. The highest BCUT2D eigenvalue weighted by molar-refractivity contribution is 7.80. The van der Waals surface area contributed by atoms with E-state index in [1.165, 1.54) is 89.9 Å². The van der Waals surface area contributed by atoms with Gasteiger partial charge in [-0.2, -0.15) is 0 Å². The molecule has 0 spiro atoms. The molecule has 0 aliphatic rings. The molecule has 29 heavy (non-hydrogen) atoms. The molecule has 1 N–H and O–H groups in total. The lowest BCUT2D eigenvalue weighted by Gasteiger charge is -2.20. The van der Waals surface area contributed by atoms with Crippen molar-refractivity contribution < 1.29 is 14.6 Å². The van der Waals surface area contributed by atoms with E-state index in [0.29, 0.717) is 12.8 Å². The van der Waals surface area contributed by atoms with Gasteiger partial charge in [-0.25, -0.2) is 0 Å². The Morgan fingerprint density at radius 1 is 0.690 bits per heavy atom. The van der Waals surface area contributed by atoms with Crippen LogP contribution in [0.2, 0.25) is 0 Å². The zero-order valence-corrected chi connectivity index (χ0v) is 20.4. The van der Waals surface area contributed by atoms with Crippen molar-refractivity contribution in [1.29, 1.82) is 0 Å². The van der Waals surface area contributed by atoms with E-state index >= 15 is 0 Å². The topological polar surface area (TPSA) is 46.5 Å². The first-order valence-corrected chi connectivity index (χ1v) is 13.2. The minimum Gasteiger partial charge on any atom is -0.459 e. The number of rotatable bonds is 22. The van der Waals surface area contributed by atoms with E-state index in [0.717, 1.165) is 25.7 Å². The van der Waals surface area contributed by atoms with Crippen molar-refractivity contribution in [2.75, 3.05) is 0 Å². The molecule has 0 aliphatic heterocycles. The van der Waals surface area contributed by atoms with Crippen molar-refractivity contribution in [1.82, 2.24) is 0 Å². The Morgan fingerprint density at radius 3 is 1.48 bits per heavy atom. The molecule has 174 valence electrons. The summed E-state index contributed by atoms with van der Waals surface area (Å²) in [6.07, 6.45) is 23.2. The van der Waals surface area contributed by atoms with Crippen LogP contribution >= 0.6 is 12.6 Å². The van der Waals surface area contributed by atoms with Crippen LogP contribution in [0, 0.1) is 0 Å². The first kappa shape index (κ1) is 28.8. The molecule has 0 aromatic carbocycles. The van der Waals surface area contributed by atoms with Crippen LogP contribution in [0.1, 0.15) is 142 Å². The Labute approximate surface area is 187 Å². The van der Waals surface area contributed by atoms with Gasteiger partial charge in [0.1, 0.15) is 11.5 Å². The maximum Gasteiger partial charge on any atom is 0.306 e. The fourth-order valence-electron chi connectivity index (χ4n) is 3.73. The van der Waals surface area contributed by atoms with Crippen LogP contribution in [-0.4, -0.2) is 22.6 Å². The second-order valence-corrected chi connectivity index (χ2v) is 9.17. The number of unbranched alkanes of at least 4 members (excludes halogenated alkanes) is 16. The number of aliphatic hydroxyl groups is 1. The molecule has 0 aromatic rings. The smallest absolute Gasteiger partial charge is 0.306 e. The van der Waals surface area contributed by atoms with Gasteiger partial charge in [0.2, 0.25) is 0 Å². The molecule has 0 heterocycles. The lowest BCUT2D eigenvalue weighted by molar-refractivity contribution is -0.152. The molecule has 4 heteroatoms. The molecule has 2 unspecified atom stereocenters. The van der Waals surface area contributed by atoms with Crippen LogP contribution in [0.5, 0.6) is 0 Å². The Bertz CT molecular complexity index is 347. The predicted octanol–water partition coefficient (Wildman–Crippen LogP) is 7.99. The summed E-state index contributed by atoms with van der Waals surface area (Å²) in [7, 11) is 0. The molecule has 0 aliphatic carbocycles. The standard InChI is InChI=1S/C25H50O3S/c1-3-5-7-9-11-12-13-14-16-17-19-21-23(25(27)29)28-24(26)22-20-18-15-10-8-6-4-2/h23,25,27,29H,3-22H2,1-2H3. The van der Waals surface area contributed by atoms with Crippen molar-refractivity contribution in [2.45, 2.75) is 154 Å². The quantitative estimate of drug-likeness (QED) is 0.0791. The summed E-state index contributed by atoms with van der Waals surface area (Å²) in [6.45, 7) is 4.48. The molecule has 0 amide bonds. The molecule has 0 aromatic heterocycles. The van der Waals surface area contributed by atoms with Gasteiger partial charge in [-0.3, -0.25) is 4.79 Å². The normalized spacial score (nSPS) is 13.4. The molecule has 0 saturated heterocycles. The first-order valence-electron chi connectivity index (χ1n) is 12.7. The van der Waals surface area contributed by atoms with E-state index in [1.54, 1.807) is 0 Å². The molecule has 3 nitrogen and oxygen atoms in total. The van der Waals surface area contributed by atoms with Gasteiger partial charge in [-0.1, -0.05) is 117 Å². The lowest BCUT2D eigenvalue weighted by Crippen LogP contribution is -2.27. The number of hydrogen-bond donors (Lipinski definition) is 2. The molecule has 0 rings (SSSR count). The Kier molecular flexibility index (Phi) is 22.3. The average Bonchev–Trinajstić information content (AvgIpc) is 2.70. The third-order valence-corrected chi connectivity index (χ3v) is 6.02. The Balaban J connectivity index is 3.62. The van der Waals surface area contributed by atoms with Gasteiger partial charge in [0.15, 0.2) is 0 Å². The molecular weight excluding hydrogens is 380 g/mol. The number of aliphatic hydroxyl groups excluding tert-OH is 1. The number of thiol groups is 1. The van der Waals surface area contributed by atoms with Crippen LogP contribution < -0.4 is 0 Å².